The number of hydrogen-bond donors (Lipinski definition) is 3. The SMILES string of the molecule is COc1ccc([C@H](CC(=O)Nc2cncc(F)c2CC[C@@H]2CN[C@H](COC(=O)NCC(F)(F)F)CO2)c2ccc(F)cc2)cc1. The van der Waals surface area contributed by atoms with Gasteiger partial charge in [0, 0.05) is 24.4 Å². The van der Waals surface area contributed by atoms with E-state index in [4.69, 9.17) is 14.2 Å². The van der Waals surface area contributed by atoms with Crippen molar-refractivity contribution in [1.82, 2.24) is 15.6 Å². The molecule has 1 aliphatic rings. The van der Waals surface area contributed by atoms with Crippen LogP contribution < -0.4 is 20.7 Å². The van der Waals surface area contributed by atoms with E-state index in [1.165, 1.54) is 18.3 Å². The lowest BCUT2D eigenvalue weighted by molar-refractivity contribution is -0.124. The number of hydrogen-bond acceptors (Lipinski definition) is 7. The number of amides is 2. The van der Waals surface area contributed by atoms with Crippen molar-refractivity contribution in [1.29, 1.82) is 0 Å². The van der Waals surface area contributed by atoms with Crippen molar-refractivity contribution >= 4 is 17.7 Å². The number of carbonyl (C=O) groups is 2. The quantitative estimate of drug-likeness (QED) is 0.237. The first-order chi connectivity index (χ1) is 21.5. The predicted octanol–water partition coefficient (Wildman–Crippen LogP) is 5.11. The number of nitrogens with zero attached hydrogens (tertiary/aromatic N) is 1. The van der Waals surface area contributed by atoms with Crippen LogP contribution >= 0.6 is 0 Å². The van der Waals surface area contributed by atoms with Crippen LogP contribution in [0.25, 0.3) is 0 Å². The van der Waals surface area contributed by atoms with Gasteiger partial charge in [0.25, 0.3) is 0 Å². The molecule has 242 valence electrons. The molecule has 1 aliphatic heterocycles. The van der Waals surface area contributed by atoms with Crippen LogP contribution in [0.2, 0.25) is 0 Å². The second-order valence-electron chi connectivity index (χ2n) is 10.4. The number of morpholine rings is 1. The lowest BCUT2D eigenvalue weighted by Gasteiger charge is -2.30. The van der Waals surface area contributed by atoms with Crippen LogP contribution in [0.4, 0.5) is 32.4 Å². The van der Waals surface area contributed by atoms with Crippen LogP contribution in [0.3, 0.4) is 0 Å². The normalized spacial score (nSPS) is 17.3. The lowest BCUT2D eigenvalue weighted by atomic mass is 9.88. The molecule has 1 aromatic heterocycles. The Morgan fingerprint density at radius 2 is 1.76 bits per heavy atom. The van der Waals surface area contributed by atoms with Gasteiger partial charge in [-0.25, -0.2) is 13.6 Å². The van der Waals surface area contributed by atoms with E-state index in [1.807, 2.05) is 12.1 Å². The fourth-order valence-corrected chi connectivity index (χ4v) is 4.84. The van der Waals surface area contributed by atoms with Gasteiger partial charge in [-0.15, -0.1) is 0 Å². The Kier molecular flexibility index (Phi) is 11.7. The van der Waals surface area contributed by atoms with E-state index in [9.17, 15) is 31.5 Å². The largest absolute Gasteiger partial charge is 0.497 e. The monoisotopic (exact) mass is 636 g/mol. The fraction of sp³-hybridized carbons (Fsp3) is 0.387. The standard InChI is InChI=1S/C31H33F5N4O5/c1-43-23-8-4-20(5-9-23)26(19-2-6-21(32)7-3-19)12-29(41)40-28-15-37-14-27(33)25(28)11-10-24-13-38-22(16-44-24)17-45-30(42)39-18-31(34,35)36/h2-9,14-15,22,24,26,38H,10-13,16-18H2,1H3,(H,39,42)(H,40,41)/t22-,24+,26+/m0/s1. The van der Waals surface area contributed by atoms with E-state index in [0.29, 0.717) is 18.7 Å². The van der Waals surface area contributed by atoms with E-state index >= 15 is 0 Å². The van der Waals surface area contributed by atoms with Crippen LogP contribution in [0, 0.1) is 11.6 Å². The number of pyridine rings is 1. The molecule has 14 heteroatoms. The Balaban J connectivity index is 1.33. The van der Waals surface area contributed by atoms with Crippen molar-refractivity contribution in [3.05, 3.63) is 89.2 Å². The topological polar surface area (TPSA) is 111 Å². The molecule has 0 bridgehead atoms. The Morgan fingerprint density at radius 1 is 1.07 bits per heavy atom. The molecule has 2 amide bonds. The van der Waals surface area contributed by atoms with Gasteiger partial charge in [-0.3, -0.25) is 9.78 Å². The second kappa shape index (κ2) is 15.6. The highest BCUT2D eigenvalue weighted by Gasteiger charge is 2.29. The zero-order valence-electron chi connectivity index (χ0n) is 24.3. The number of nitrogens with one attached hydrogen (secondary N) is 3. The number of alkyl halides is 3. The van der Waals surface area contributed by atoms with Crippen molar-refractivity contribution in [2.45, 2.75) is 43.5 Å². The molecule has 3 atom stereocenters. The number of alkyl carbamates (subject to hydrolysis) is 1. The van der Waals surface area contributed by atoms with E-state index in [-0.39, 0.29) is 43.4 Å². The molecule has 1 saturated heterocycles. The van der Waals surface area contributed by atoms with E-state index in [2.05, 4.69) is 15.6 Å². The fourth-order valence-electron chi connectivity index (χ4n) is 4.84. The Labute approximate surface area is 256 Å². The molecule has 0 aliphatic carbocycles. The Morgan fingerprint density at radius 3 is 2.38 bits per heavy atom. The van der Waals surface area contributed by atoms with Crippen molar-refractivity contribution in [3.63, 3.8) is 0 Å². The zero-order valence-corrected chi connectivity index (χ0v) is 24.3. The van der Waals surface area contributed by atoms with E-state index < -0.39 is 48.3 Å². The van der Waals surface area contributed by atoms with E-state index in [1.54, 1.807) is 36.7 Å². The molecule has 3 aromatic rings. The average Bonchev–Trinajstić information content (AvgIpc) is 3.02. The summed E-state index contributed by atoms with van der Waals surface area (Å²) in [5.74, 6) is -1.18. The summed E-state index contributed by atoms with van der Waals surface area (Å²) in [5.41, 5.74) is 1.99. The number of halogens is 5. The maximum Gasteiger partial charge on any atom is 0.407 e. The van der Waals surface area contributed by atoms with Gasteiger partial charge in [-0.05, 0) is 48.2 Å². The van der Waals surface area contributed by atoms with Crippen LogP contribution in [0.5, 0.6) is 5.75 Å². The summed E-state index contributed by atoms with van der Waals surface area (Å²) in [6.45, 7) is -1.24. The van der Waals surface area contributed by atoms with Crippen LogP contribution in [-0.4, -0.2) is 68.7 Å². The average molecular weight is 637 g/mol. The minimum absolute atomic E-state index is 0.0126. The Hall–Kier alpha value is -4.30. The van der Waals surface area contributed by atoms with Gasteiger partial charge < -0.3 is 30.2 Å². The molecular formula is C31H33F5N4O5. The number of methoxy groups -OCH3 is 1. The third-order valence-corrected chi connectivity index (χ3v) is 7.19. The van der Waals surface area contributed by atoms with Crippen LogP contribution in [0.1, 0.15) is 35.4 Å². The smallest absolute Gasteiger partial charge is 0.407 e. The summed E-state index contributed by atoms with van der Waals surface area (Å²) >= 11 is 0. The first kappa shape index (κ1) is 33.6. The second-order valence-corrected chi connectivity index (χ2v) is 10.4. The predicted molar refractivity (Wildman–Crippen MR) is 154 cm³/mol. The molecule has 2 aromatic carbocycles. The third kappa shape index (κ3) is 10.4. The molecule has 1 fully saturated rings. The van der Waals surface area contributed by atoms with Crippen molar-refractivity contribution in [2.24, 2.45) is 0 Å². The molecule has 0 spiro atoms. The third-order valence-electron chi connectivity index (χ3n) is 7.19. The maximum absolute atomic E-state index is 14.9. The highest BCUT2D eigenvalue weighted by molar-refractivity contribution is 5.92. The summed E-state index contributed by atoms with van der Waals surface area (Å²) in [6.07, 6.45) is -3.08. The minimum atomic E-state index is -4.54. The minimum Gasteiger partial charge on any atom is -0.497 e. The zero-order chi connectivity index (χ0) is 32.4. The molecule has 0 saturated carbocycles. The Bertz CT molecular complexity index is 1420. The van der Waals surface area contributed by atoms with Gasteiger partial charge in [-0.1, -0.05) is 24.3 Å². The molecular weight excluding hydrogens is 603 g/mol. The molecule has 3 N–H and O–H groups in total. The van der Waals surface area contributed by atoms with Crippen molar-refractivity contribution in [2.75, 3.05) is 38.7 Å². The molecule has 0 radical (unpaired) electrons. The number of anilines is 1. The van der Waals surface area contributed by atoms with Crippen LogP contribution in [0.15, 0.2) is 60.9 Å². The number of rotatable bonds is 12. The number of carbonyl (C=O) groups excluding carboxylic acids is 2. The molecule has 0 unspecified atom stereocenters. The molecule has 2 heterocycles. The lowest BCUT2D eigenvalue weighted by Crippen LogP contribution is -2.49. The van der Waals surface area contributed by atoms with Gasteiger partial charge >= 0.3 is 12.3 Å². The van der Waals surface area contributed by atoms with Crippen LogP contribution in [-0.2, 0) is 20.7 Å². The number of ether oxygens (including phenoxy) is 3. The summed E-state index contributed by atoms with van der Waals surface area (Å²) in [7, 11) is 1.55. The van der Waals surface area contributed by atoms with Gasteiger partial charge in [0.05, 0.1) is 43.9 Å². The summed E-state index contributed by atoms with van der Waals surface area (Å²) in [4.78, 5) is 28.6. The van der Waals surface area contributed by atoms with Crippen molar-refractivity contribution in [3.8, 4) is 5.75 Å². The number of aromatic nitrogens is 1. The van der Waals surface area contributed by atoms with Gasteiger partial charge in [0.15, 0.2) is 0 Å². The summed E-state index contributed by atoms with van der Waals surface area (Å²) in [6, 6.07) is 12.6. The highest BCUT2D eigenvalue weighted by Crippen LogP contribution is 2.31. The van der Waals surface area contributed by atoms with Crippen molar-refractivity contribution < 1.29 is 45.8 Å². The summed E-state index contributed by atoms with van der Waals surface area (Å²) in [5, 5.41) is 7.50. The maximum atomic E-state index is 14.9. The highest BCUT2D eigenvalue weighted by atomic mass is 19.4. The molecule has 9 nitrogen and oxygen atoms in total. The first-order valence-corrected chi connectivity index (χ1v) is 14.1. The number of benzene rings is 2. The van der Waals surface area contributed by atoms with Gasteiger partial charge in [-0.2, -0.15) is 13.2 Å². The van der Waals surface area contributed by atoms with Gasteiger partial charge in [0.1, 0.15) is 30.5 Å². The van der Waals surface area contributed by atoms with Gasteiger partial charge in [0.2, 0.25) is 5.91 Å². The molecule has 4 rings (SSSR count). The van der Waals surface area contributed by atoms with E-state index in [0.717, 1.165) is 17.3 Å². The first-order valence-electron chi connectivity index (χ1n) is 14.1. The molecule has 45 heavy (non-hydrogen) atoms. The summed E-state index contributed by atoms with van der Waals surface area (Å²) < 4.78 is 80.9.